The molecule has 0 atom stereocenters. The first-order valence-electron chi connectivity index (χ1n) is 3.20. The predicted octanol–water partition coefficient (Wildman–Crippen LogP) is -0.479. The van der Waals surface area contributed by atoms with E-state index in [4.69, 9.17) is 23.2 Å². The van der Waals surface area contributed by atoms with E-state index in [-0.39, 0.29) is 16.5 Å². The fourth-order valence-corrected chi connectivity index (χ4v) is 0.857. The highest BCUT2D eigenvalue weighted by atomic mass is 35.5. The van der Waals surface area contributed by atoms with Crippen molar-refractivity contribution in [2.75, 3.05) is 0 Å². The molecular weight excluding hydrogens is 194 g/mol. The summed E-state index contributed by atoms with van der Waals surface area (Å²) in [7, 11) is 0. The largest absolute Gasteiger partial charge is 0.364 e. The number of hydrogen-bond donors (Lipinski definition) is 2. The van der Waals surface area contributed by atoms with Crippen LogP contribution in [-0.4, -0.2) is 22.1 Å². The Morgan fingerprint density at radius 1 is 1.69 bits per heavy atom. The van der Waals surface area contributed by atoms with Gasteiger partial charge in [0.2, 0.25) is 0 Å². The number of amides is 1. The average Bonchev–Trinajstić information content (AvgIpc) is 2.08. The minimum Gasteiger partial charge on any atom is -0.364 e. The lowest BCUT2D eigenvalue weighted by Gasteiger charge is -1.98. The Balaban J connectivity index is 3.26. The summed E-state index contributed by atoms with van der Waals surface area (Å²) in [4.78, 5) is 18.2. The summed E-state index contributed by atoms with van der Waals surface area (Å²) in [5.74, 6) is 4.15. The molecule has 7 heteroatoms. The number of halogens is 1. The van der Waals surface area contributed by atoms with Crippen LogP contribution in [0.3, 0.4) is 0 Å². The molecule has 6 nitrogen and oxygen atoms in total. The number of hydrogen-bond acceptors (Lipinski definition) is 5. The molecule has 0 radical (unpaired) electrons. The van der Waals surface area contributed by atoms with Crippen LogP contribution >= 0.6 is 11.6 Å². The van der Waals surface area contributed by atoms with Crippen molar-refractivity contribution >= 4 is 23.7 Å². The number of aromatic nitrogens is 2. The van der Waals surface area contributed by atoms with E-state index in [1.807, 2.05) is 0 Å². The third-order valence-electron chi connectivity index (χ3n) is 1.20. The molecule has 1 aromatic rings. The third-order valence-corrected chi connectivity index (χ3v) is 1.38. The van der Waals surface area contributed by atoms with Crippen molar-refractivity contribution in [1.82, 2.24) is 9.97 Å². The molecular formula is C6H6ClN5O. The van der Waals surface area contributed by atoms with Crippen molar-refractivity contribution in [3.8, 4) is 0 Å². The van der Waals surface area contributed by atoms with Crippen LogP contribution in [0.2, 0.25) is 5.15 Å². The Morgan fingerprint density at radius 3 is 2.92 bits per heavy atom. The summed E-state index contributed by atoms with van der Waals surface area (Å²) in [6, 6.07) is 0. The van der Waals surface area contributed by atoms with Gasteiger partial charge in [0, 0.05) is 0 Å². The standard InChI is InChI=1S/C6H6ClN5O/c7-4-2-10-3(1-11-9)5(12-4)6(8)13/h1-2H,9H2,(H2,8,13). The number of rotatable bonds is 2. The van der Waals surface area contributed by atoms with Crippen LogP contribution in [0.25, 0.3) is 0 Å². The van der Waals surface area contributed by atoms with Crippen LogP contribution in [0, 0.1) is 0 Å². The third kappa shape index (κ3) is 2.12. The Hall–Kier alpha value is -1.69. The topological polar surface area (TPSA) is 107 Å². The van der Waals surface area contributed by atoms with E-state index in [1.54, 1.807) is 0 Å². The molecule has 1 rings (SSSR count). The molecule has 0 bridgehead atoms. The first-order valence-corrected chi connectivity index (χ1v) is 3.58. The van der Waals surface area contributed by atoms with Gasteiger partial charge in [-0.1, -0.05) is 11.6 Å². The molecule has 0 unspecified atom stereocenters. The normalized spacial score (nSPS) is 10.5. The molecule has 4 N–H and O–H groups in total. The maximum Gasteiger partial charge on any atom is 0.269 e. The van der Waals surface area contributed by atoms with Crippen LogP contribution in [-0.2, 0) is 0 Å². The van der Waals surface area contributed by atoms with Crippen molar-refractivity contribution in [3.05, 3.63) is 22.7 Å². The number of primary amides is 1. The summed E-state index contributed by atoms with van der Waals surface area (Å²) < 4.78 is 0. The monoisotopic (exact) mass is 199 g/mol. The average molecular weight is 200 g/mol. The molecule has 0 saturated carbocycles. The first kappa shape index (κ1) is 9.40. The van der Waals surface area contributed by atoms with E-state index < -0.39 is 5.91 Å². The zero-order valence-electron chi connectivity index (χ0n) is 6.44. The quantitative estimate of drug-likeness (QED) is 0.381. The molecule has 0 aliphatic carbocycles. The van der Waals surface area contributed by atoms with Gasteiger partial charge in [-0.2, -0.15) is 5.10 Å². The molecule has 0 spiro atoms. The van der Waals surface area contributed by atoms with Gasteiger partial charge in [-0.25, -0.2) is 9.97 Å². The molecule has 0 aliphatic rings. The second-order valence-electron chi connectivity index (χ2n) is 2.07. The Labute approximate surface area is 78.6 Å². The van der Waals surface area contributed by atoms with Gasteiger partial charge >= 0.3 is 0 Å². The van der Waals surface area contributed by atoms with E-state index in [1.165, 1.54) is 12.4 Å². The number of carbonyl (C=O) groups is 1. The second-order valence-corrected chi connectivity index (χ2v) is 2.46. The lowest BCUT2D eigenvalue weighted by atomic mass is 10.3. The highest BCUT2D eigenvalue weighted by Gasteiger charge is 2.10. The SMILES string of the molecule is NN=Cc1ncc(Cl)nc1C(N)=O. The number of nitrogens with two attached hydrogens (primary N) is 2. The lowest BCUT2D eigenvalue weighted by molar-refractivity contribution is 0.0995. The van der Waals surface area contributed by atoms with Crippen molar-refractivity contribution < 1.29 is 4.79 Å². The van der Waals surface area contributed by atoms with Crippen LogP contribution in [0.5, 0.6) is 0 Å². The second kappa shape index (κ2) is 3.81. The van der Waals surface area contributed by atoms with Crippen molar-refractivity contribution in [1.29, 1.82) is 0 Å². The number of carbonyl (C=O) groups excluding carboxylic acids is 1. The first-order chi connectivity index (χ1) is 6.15. The Kier molecular flexibility index (Phi) is 2.76. The van der Waals surface area contributed by atoms with Crippen molar-refractivity contribution in [2.45, 2.75) is 0 Å². The zero-order valence-corrected chi connectivity index (χ0v) is 7.19. The minimum absolute atomic E-state index is 0.0540. The van der Waals surface area contributed by atoms with Crippen molar-refractivity contribution in [3.63, 3.8) is 0 Å². The Bertz CT molecular complexity index is 364. The summed E-state index contributed by atoms with van der Waals surface area (Å²) in [5, 5.41) is 3.29. The smallest absolute Gasteiger partial charge is 0.269 e. The fraction of sp³-hybridized carbons (Fsp3) is 0. The van der Waals surface area contributed by atoms with E-state index in [0.29, 0.717) is 0 Å². The van der Waals surface area contributed by atoms with Crippen LogP contribution in [0.1, 0.15) is 16.2 Å². The predicted molar refractivity (Wildman–Crippen MR) is 47.3 cm³/mol. The summed E-state index contributed by atoms with van der Waals surface area (Å²) >= 11 is 5.50. The molecule has 13 heavy (non-hydrogen) atoms. The highest BCUT2D eigenvalue weighted by Crippen LogP contribution is 2.05. The van der Waals surface area contributed by atoms with Gasteiger partial charge in [0.15, 0.2) is 5.69 Å². The molecule has 0 aliphatic heterocycles. The van der Waals surface area contributed by atoms with Gasteiger partial charge in [-0.05, 0) is 0 Å². The van der Waals surface area contributed by atoms with Gasteiger partial charge < -0.3 is 11.6 Å². The van der Waals surface area contributed by atoms with E-state index in [0.717, 1.165) is 0 Å². The van der Waals surface area contributed by atoms with E-state index >= 15 is 0 Å². The van der Waals surface area contributed by atoms with Crippen LogP contribution in [0.15, 0.2) is 11.3 Å². The van der Waals surface area contributed by atoms with Gasteiger partial charge in [0.1, 0.15) is 10.8 Å². The molecule has 0 fully saturated rings. The molecule has 1 amide bonds. The summed E-state index contributed by atoms with van der Waals surface area (Å²) in [6.07, 6.45) is 2.44. The van der Waals surface area contributed by atoms with Gasteiger partial charge in [0.05, 0.1) is 12.4 Å². The minimum atomic E-state index is -0.732. The van der Waals surface area contributed by atoms with Gasteiger partial charge in [-0.15, -0.1) is 0 Å². The Morgan fingerprint density at radius 2 is 2.38 bits per heavy atom. The molecule has 1 heterocycles. The van der Waals surface area contributed by atoms with Gasteiger partial charge in [-0.3, -0.25) is 4.79 Å². The van der Waals surface area contributed by atoms with E-state index in [9.17, 15) is 4.79 Å². The molecule has 0 aromatic carbocycles. The molecule has 1 aromatic heterocycles. The molecule has 68 valence electrons. The fourth-order valence-electron chi connectivity index (χ4n) is 0.723. The summed E-state index contributed by atoms with van der Waals surface area (Å²) in [6.45, 7) is 0. The van der Waals surface area contributed by atoms with Crippen molar-refractivity contribution in [2.24, 2.45) is 16.7 Å². The highest BCUT2D eigenvalue weighted by molar-refractivity contribution is 6.29. The van der Waals surface area contributed by atoms with Crippen LogP contribution in [0.4, 0.5) is 0 Å². The summed E-state index contributed by atoms with van der Waals surface area (Å²) in [5.41, 5.74) is 5.15. The molecule has 0 saturated heterocycles. The number of nitrogens with zero attached hydrogens (tertiary/aromatic N) is 3. The maximum atomic E-state index is 10.8. The maximum absolute atomic E-state index is 10.8. The number of hydrazone groups is 1. The lowest BCUT2D eigenvalue weighted by Crippen LogP contribution is -2.17. The van der Waals surface area contributed by atoms with Crippen LogP contribution < -0.4 is 11.6 Å². The van der Waals surface area contributed by atoms with E-state index in [2.05, 4.69) is 15.1 Å². The van der Waals surface area contributed by atoms with Gasteiger partial charge in [0.25, 0.3) is 5.91 Å². The zero-order chi connectivity index (χ0) is 9.84.